The summed E-state index contributed by atoms with van der Waals surface area (Å²) in [4.78, 5) is 24.0. The van der Waals surface area contributed by atoms with Crippen LogP contribution in [0.4, 0.5) is 0 Å². The topological polar surface area (TPSA) is 72.6 Å². The third-order valence-electron chi connectivity index (χ3n) is 1.74. The zero-order valence-electron chi connectivity index (χ0n) is 8.95. The zero-order chi connectivity index (χ0) is 11.1. The van der Waals surface area contributed by atoms with Crippen molar-refractivity contribution in [3.05, 3.63) is 0 Å². The molecule has 1 atom stereocenters. The maximum atomic E-state index is 11.4. The van der Waals surface area contributed by atoms with Crippen LogP contribution in [0.1, 0.15) is 20.3 Å². The van der Waals surface area contributed by atoms with Gasteiger partial charge in [0.05, 0.1) is 6.61 Å². The third kappa shape index (κ3) is 3.74. The number of carbonyl (C=O) groups is 2. The van der Waals surface area contributed by atoms with Crippen LogP contribution in [-0.4, -0.2) is 43.0 Å². The van der Waals surface area contributed by atoms with Crippen LogP contribution in [0.5, 0.6) is 0 Å². The van der Waals surface area contributed by atoms with Crippen LogP contribution < -0.4 is 5.73 Å². The summed E-state index contributed by atoms with van der Waals surface area (Å²) in [6.45, 7) is 4.44. The van der Waals surface area contributed by atoms with Crippen molar-refractivity contribution >= 4 is 11.9 Å². The van der Waals surface area contributed by atoms with Gasteiger partial charge in [0.15, 0.2) is 6.04 Å². The molecule has 0 bridgehead atoms. The highest BCUT2D eigenvalue weighted by Gasteiger charge is 2.25. The van der Waals surface area contributed by atoms with Gasteiger partial charge in [-0.05, 0) is 13.3 Å². The molecule has 1 amide bonds. The van der Waals surface area contributed by atoms with E-state index in [2.05, 4.69) is 4.74 Å². The molecule has 14 heavy (non-hydrogen) atoms. The van der Waals surface area contributed by atoms with Gasteiger partial charge in [-0.15, -0.1) is 0 Å². The molecule has 0 saturated heterocycles. The summed E-state index contributed by atoms with van der Waals surface area (Å²) < 4.78 is 4.64. The highest BCUT2D eigenvalue weighted by Crippen LogP contribution is 1.94. The maximum absolute atomic E-state index is 11.4. The zero-order valence-corrected chi connectivity index (χ0v) is 8.95. The Kier molecular flexibility index (Phi) is 5.87. The van der Waals surface area contributed by atoms with E-state index in [4.69, 9.17) is 5.73 Å². The molecule has 0 aromatic heterocycles. The van der Waals surface area contributed by atoms with Crippen molar-refractivity contribution in [3.63, 3.8) is 0 Å². The van der Waals surface area contributed by atoms with Gasteiger partial charge in [0.2, 0.25) is 0 Å². The Balaban J connectivity index is 4.16. The predicted molar refractivity (Wildman–Crippen MR) is 52.5 cm³/mol. The van der Waals surface area contributed by atoms with E-state index < -0.39 is 17.9 Å². The monoisotopic (exact) mass is 202 g/mol. The quantitative estimate of drug-likeness (QED) is 0.492. The van der Waals surface area contributed by atoms with Crippen molar-refractivity contribution in [2.75, 3.05) is 20.2 Å². The molecule has 5 nitrogen and oxygen atoms in total. The number of carbonyl (C=O) groups excluding carboxylic acids is 2. The fourth-order valence-electron chi connectivity index (χ4n) is 1.02. The molecular formula is C9H18N2O3. The molecule has 0 aliphatic carbocycles. The van der Waals surface area contributed by atoms with Crippen LogP contribution in [0, 0.1) is 0 Å². The van der Waals surface area contributed by atoms with Crippen LogP contribution in [0.15, 0.2) is 0 Å². The molecule has 0 aromatic rings. The minimum absolute atomic E-state index is 0.233. The molecule has 0 fully saturated rings. The summed E-state index contributed by atoms with van der Waals surface area (Å²) in [5.41, 5.74) is 5.41. The third-order valence-corrected chi connectivity index (χ3v) is 1.74. The van der Waals surface area contributed by atoms with Gasteiger partial charge in [0.1, 0.15) is 0 Å². The van der Waals surface area contributed by atoms with E-state index in [0.717, 1.165) is 6.42 Å². The molecule has 5 heteroatoms. The van der Waals surface area contributed by atoms with E-state index in [1.54, 1.807) is 14.0 Å². The van der Waals surface area contributed by atoms with Crippen molar-refractivity contribution < 1.29 is 14.3 Å². The predicted octanol–water partition coefficient (Wildman–Crippen LogP) is -0.255. The number of rotatable bonds is 5. The first-order valence-electron chi connectivity index (χ1n) is 4.71. The minimum atomic E-state index is -1.19. The van der Waals surface area contributed by atoms with E-state index in [0.29, 0.717) is 6.54 Å². The number of likely N-dealkylation sites (N-methyl/N-ethyl adjacent to an activating group) is 1. The molecule has 0 saturated carbocycles. The molecule has 0 aliphatic rings. The average molecular weight is 202 g/mol. The summed E-state index contributed by atoms with van der Waals surface area (Å²) in [6, 6.07) is -1.19. The van der Waals surface area contributed by atoms with Crippen LogP contribution in [-0.2, 0) is 14.3 Å². The van der Waals surface area contributed by atoms with Crippen molar-refractivity contribution in [3.8, 4) is 0 Å². The number of ether oxygens (including phenoxy) is 1. The molecule has 82 valence electrons. The lowest BCUT2D eigenvalue weighted by Crippen LogP contribution is -2.47. The molecule has 0 heterocycles. The normalized spacial score (nSPS) is 12.0. The summed E-state index contributed by atoms with van der Waals surface area (Å²) in [6.07, 6.45) is 0.831. The largest absolute Gasteiger partial charge is 0.464 e. The van der Waals surface area contributed by atoms with Crippen LogP contribution in [0.25, 0.3) is 0 Å². The highest BCUT2D eigenvalue weighted by molar-refractivity contribution is 6.01. The number of nitrogens with zero attached hydrogens (tertiary/aromatic N) is 1. The van der Waals surface area contributed by atoms with Gasteiger partial charge in [0.25, 0.3) is 5.91 Å². The van der Waals surface area contributed by atoms with Gasteiger partial charge in [0, 0.05) is 13.6 Å². The van der Waals surface area contributed by atoms with Crippen molar-refractivity contribution in [2.45, 2.75) is 26.3 Å². The second kappa shape index (κ2) is 6.37. The number of hydrogen-bond acceptors (Lipinski definition) is 4. The van der Waals surface area contributed by atoms with Crippen LogP contribution in [0.3, 0.4) is 0 Å². The number of nitrogens with two attached hydrogens (primary N) is 1. The summed E-state index contributed by atoms with van der Waals surface area (Å²) >= 11 is 0. The standard InChI is InChI=1S/C9H18N2O3/c1-4-6-11(3)8(12)7(10)9(13)14-5-2/h7H,4-6,10H2,1-3H3. The molecule has 1 unspecified atom stereocenters. The second-order valence-corrected chi connectivity index (χ2v) is 2.99. The van der Waals surface area contributed by atoms with E-state index >= 15 is 0 Å². The Labute approximate surface area is 84.2 Å². The van der Waals surface area contributed by atoms with E-state index in [-0.39, 0.29) is 6.61 Å². The SMILES string of the molecule is CCCN(C)C(=O)C(N)C(=O)OCC. The van der Waals surface area contributed by atoms with Crippen molar-refractivity contribution in [1.29, 1.82) is 0 Å². The van der Waals surface area contributed by atoms with E-state index in [1.165, 1.54) is 4.90 Å². The van der Waals surface area contributed by atoms with Gasteiger partial charge in [-0.3, -0.25) is 4.79 Å². The van der Waals surface area contributed by atoms with Gasteiger partial charge < -0.3 is 15.4 Å². The Morgan fingerprint density at radius 2 is 2.00 bits per heavy atom. The smallest absolute Gasteiger partial charge is 0.332 e. The summed E-state index contributed by atoms with van der Waals surface area (Å²) in [7, 11) is 1.62. The summed E-state index contributed by atoms with van der Waals surface area (Å²) in [5.74, 6) is -1.06. The Morgan fingerprint density at radius 1 is 1.43 bits per heavy atom. The van der Waals surface area contributed by atoms with Crippen LogP contribution in [0.2, 0.25) is 0 Å². The van der Waals surface area contributed by atoms with Gasteiger partial charge in [-0.25, -0.2) is 4.79 Å². The molecular weight excluding hydrogens is 184 g/mol. The molecule has 0 aliphatic heterocycles. The van der Waals surface area contributed by atoms with E-state index in [1.807, 2.05) is 6.92 Å². The van der Waals surface area contributed by atoms with Gasteiger partial charge in [-0.2, -0.15) is 0 Å². The molecule has 0 aromatic carbocycles. The number of amides is 1. The average Bonchev–Trinajstić information content (AvgIpc) is 2.16. The second-order valence-electron chi connectivity index (χ2n) is 2.99. The van der Waals surface area contributed by atoms with Crippen molar-refractivity contribution in [2.24, 2.45) is 5.73 Å². The first-order chi connectivity index (χ1) is 6.54. The fourth-order valence-corrected chi connectivity index (χ4v) is 1.02. The highest BCUT2D eigenvalue weighted by atomic mass is 16.5. The Bertz CT molecular complexity index is 206. The first kappa shape index (κ1) is 12.9. The first-order valence-corrected chi connectivity index (χ1v) is 4.71. The Morgan fingerprint density at radius 3 is 2.43 bits per heavy atom. The van der Waals surface area contributed by atoms with Gasteiger partial charge >= 0.3 is 5.97 Å². The number of hydrogen-bond donors (Lipinski definition) is 1. The molecule has 2 N–H and O–H groups in total. The molecule has 0 rings (SSSR count). The molecule has 0 spiro atoms. The Hall–Kier alpha value is -1.10. The lowest BCUT2D eigenvalue weighted by atomic mass is 10.2. The maximum Gasteiger partial charge on any atom is 0.332 e. The van der Waals surface area contributed by atoms with Crippen molar-refractivity contribution in [1.82, 2.24) is 4.90 Å². The lowest BCUT2D eigenvalue weighted by molar-refractivity contribution is -0.150. The minimum Gasteiger partial charge on any atom is -0.464 e. The number of esters is 1. The molecule has 0 radical (unpaired) electrons. The lowest BCUT2D eigenvalue weighted by Gasteiger charge is -2.19. The van der Waals surface area contributed by atoms with Gasteiger partial charge in [-0.1, -0.05) is 6.92 Å². The summed E-state index contributed by atoms with van der Waals surface area (Å²) in [5, 5.41) is 0. The van der Waals surface area contributed by atoms with Crippen LogP contribution >= 0.6 is 0 Å². The fraction of sp³-hybridized carbons (Fsp3) is 0.778. The van der Waals surface area contributed by atoms with E-state index in [9.17, 15) is 9.59 Å².